The van der Waals surface area contributed by atoms with Gasteiger partial charge in [-0.25, -0.2) is 9.59 Å². The van der Waals surface area contributed by atoms with Gasteiger partial charge in [0.15, 0.2) is 6.10 Å². The number of ether oxygens (including phenoxy) is 2. The fraction of sp³-hybridized carbons (Fsp3) is 0.241. The predicted molar refractivity (Wildman–Crippen MR) is 134 cm³/mol. The van der Waals surface area contributed by atoms with Crippen LogP contribution in [0.1, 0.15) is 50.6 Å². The first-order valence-corrected chi connectivity index (χ1v) is 12.4. The second-order valence-corrected chi connectivity index (χ2v) is 9.41. The second kappa shape index (κ2) is 9.75. The highest BCUT2D eigenvalue weighted by molar-refractivity contribution is 6.20. The van der Waals surface area contributed by atoms with E-state index in [0.717, 1.165) is 22.3 Å². The van der Waals surface area contributed by atoms with Crippen LogP contribution in [0.25, 0.3) is 11.1 Å². The number of carbonyl (C=O) groups is 4. The first kappa shape index (κ1) is 23.9. The maximum absolute atomic E-state index is 12.7. The Hall–Kier alpha value is -4.50. The Morgan fingerprint density at radius 3 is 2.00 bits per heavy atom. The van der Waals surface area contributed by atoms with Gasteiger partial charge in [0.1, 0.15) is 6.61 Å². The minimum Gasteiger partial charge on any atom is -0.449 e. The van der Waals surface area contributed by atoms with Crippen LogP contribution in [-0.2, 0) is 19.1 Å². The Morgan fingerprint density at radius 1 is 0.842 bits per heavy atom. The van der Waals surface area contributed by atoms with E-state index in [2.05, 4.69) is 17.4 Å². The van der Waals surface area contributed by atoms with Crippen molar-refractivity contribution < 1.29 is 33.5 Å². The van der Waals surface area contributed by atoms with Gasteiger partial charge in [-0.05, 0) is 40.8 Å². The van der Waals surface area contributed by atoms with Crippen molar-refractivity contribution in [1.82, 2.24) is 10.4 Å². The summed E-state index contributed by atoms with van der Waals surface area (Å²) in [5.41, 5.74) is 4.85. The van der Waals surface area contributed by atoms with E-state index in [-0.39, 0.29) is 36.7 Å². The molecule has 1 fully saturated rings. The van der Waals surface area contributed by atoms with Gasteiger partial charge in [0.05, 0.1) is 11.1 Å². The monoisotopic (exact) mass is 512 g/mol. The van der Waals surface area contributed by atoms with Gasteiger partial charge in [0.2, 0.25) is 0 Å². The highest BCUT2D eigenvalue weighted by Crippen LogP contribution is 2.44. The number of nitrogens with zero attached hydrogens (tertiary/aromatic N) is 1. The molecule has 9 heteroatoms. The molecule has 0 saturated carbocycles. The lowest BCUT2D eigenvalue weighted by atomic mass is 9.98. The highest BCUT2D eigenvalue weighted by Gasteiger charge is 2.41. The van der Waals surface area contributed by atoms with Crippen LogP contribution in [0.2, 0.25) is 0 Å². The molecule has 9 nitrogen and oxygen atoms in total. The largest absolute Gasteiger partial charge is 0.449 e. The first-order chi connectivity index (χ1) is 18.5. The van der Waals surface area contributed by atoms with Crippen molar-refractivity contribution >= 4 is 23.9 Å². The van der Waals surface area contributed by atoms with Gasteiger partial charge in [-0.2, -0.15) is 0 Å². The van der Waals surface area contributed by atoms with Gasteiger partial charge in [0.25, 0.3) is 11.8 Å². The summed E-state index contributed by atoms with van der Waals surface area (Å²) in [6.07, 6.45) is -1.05. The number of nitrogens with one attached hydrogen (secondary N) is 1. The number of hydrogen-bond donors (Lipinski definition) is 1. The molecule has 1 aliphatic carbocycles. The van der Waals surface area contributed by atoms with Gasteiger partial charge in [-0.1, -0.05) is 65.7 Å². The second-order valence-electron chi connectivity index (χ2n) is 9.41. The van der Waals surface area contributed by atoms with Crippen LogP contribution in [0.5, 0.6) is 0 Å². The summed E-state index contributed by atoms with van der Waals surface area (Å²) in [6.45, 7) is 0.366. The van der Waals surface area contributed by atoms with Crippen molar-refractivity contribution in [1.29, 1.82) is 0 Å². The molecular formula is C29H24N2O7. The molecule has 3 amide bonds. The Bertz CT molecular complexity index is 1370. The molecule has 192 valence electrons. The Labute approximate surface area is 218 Å². The number of fused-ring (bicyclic) bond motifs is 4. The number of hydroxylamine groups is 2. The molecule has 2 aliphatic heterocycles. The molecule has 2 heterocycles. The van der Waals surface area contributed by atoms with E-state index in [1.165, 1.54) is 12.1 Å². The average molecular weight is 513 g/mol. The van der Waals surface area contributed by atoms with E-state index < -0.39 is 36.0 Å². The number of benzene rings is 3. The molecule has 0 bridgehead atoms. The fourth-order valence-electron chi connectivity index (χ4n) is 5.30. The summed E-state index contributed by atoms with van der Waals surface area (Å²) in [6, 6.07) is 22.0. The maximum atomic E-state index is 12.7. The van der Waals surface area contributed by atoms with Crippen LogP contribution in [0.4, 0.5) is 4.79 Å². The molecule has 0 spiro atoms. The summed E-state index contributed by atoms with van der Waals surface area (Å²) in [4.78, 5) is 55.5. The van der Waals surface area contributed by atoms with Crippen molar-refractivity contribution in [2.45, 2.75) is 30.9 Å². The lowest BCUT2D eigenvalue weighted by molar-refractivity contribution is -0.185. The van der Waals surface area contributed by atoms with Gasteiger partial charge in [-0.3, -0.25) is 9.59 Å². The Balaban J connectivity index is 1.04. The molecule has 38 heavy (non-hydrogen) atoms. The number of rotatable bonds is 5. The topological polar surface area (TPSA) is 111 Å². The fourth-order valence-corrected chi connectivity index (χ4v) is 5.30. The highest BCUT2D eigenvalue weighted by atomic mass is 16.7. The van der Waals surface area contributed by atoms with Crippen LogP contribution in [0.15, 0.2) is 72.8 Å². The summed E-state index contributed by atoms with van der Waals surface area (Å²) in [5, 5.41) is 3.26. The summed E-state index contributed by atoms with van der Waals surface area (Å²) in [7, 11) is 0. The summed E-state index contributed by atoms with van der Waals surface area (Å²) < 4.78 is 11.1. The van der Waals surface area contributed by atoms with Gasteiger partial charge < -0.3 is 19.6 Å². The molecule has 3 aromatic rings. The van der Waals surface area contributed by atoms with E-state index in [1.54, 1.807) is 12.1 Å². The molecule has 0 unspecified atom stereocenters. The standard InChI is InChI=1S/C29H24N2O7/c32-26-22-11-5-6-12-23(22)27(33)31(26)38-28(34)25-15-17(13-14-36-25)30-29(35)37-16-24-20-9-3-1-7-18(20)19-8-2-4-10-21(19)24/h1-12,17,24-25H,13-16H2,(H,30,35)/t17-,25-/m1/s1. The van der Waals surface area contributed by atoms with E-state index in [4.69, 9.17) is 14.3 Å². The SMILES string of the molecule is O=C(N[C@@H]1CCO[C@@H](C(=O)ON2C(=O)c3ccccc3C2=O)C1)OCC1c2ccccc2-c2ccccc21. The molecule has 3 aliphatic rings. The molecule has 1 N–H and O–H groups in total. The molecule has 3 aromatic carbocycles. The van der Waals surface area contributed by atoms with Gasteiger partial charge in [0, 0.05) is 25.0 Å². The number of carbonyl (C=O) groups excluding carboxylic acids is 4. The van der Waals surface area contributed by atoms with E-state index >= 15 is 0 Å². The molecular weight excluding hydrogens is 488 g/mol. The van der Waals surface area contributed by atoms with Crippen LogP contribution >= 0.6 is 0 Å². The quantitative estimate of drug-likeness (QED) is 0.517. The van der Waals surface area contributed by atoms with Crippen molar-refractivity contribution in [3.8, 4) is 11.1 Å². The molecule has 0 aromatic heterocycles. The lowest BCUT2D eigenvalue weighted by Gasteiger charge is -2.29. The zero-order valence-corrected chi connectivity index (χ0v) is 20.3. The van der Waals surface area contributed by atoms with Crippen LogP contribution in [0.3, 0.4) is 0 Å². The third-order valence-corrected chi connectivity index (χ3v) is 7.15. The van der Waals surface area contributed by atoms with Crippen LogP contribution in [0, 0.1) is 0 Å². The molecule has 2 atom stereocenters. The number of amides is 3. The van der Waals surface area contributed by atoms with Crippen LogP contribution in [-0.4, -0.2) is 54.3 Å². The smallest absolute Gasteiger partial charge is 0.407 e. The third-order valence-electron chi connectivity index (χ3n) is 7.15. The van der Waals surface area contributed by atoms with Crippen molar-refractivity contribution in [3.05, 3.63) is 95.1 Å². The number of alkyl carbamates (subject to hydrolysis) is 1. The van der Waals surface area contributed by atoms with Gasteiger partial charge in [-0.15, -0.1) is 0 Å². The zero-order valence-electron chi connectivity index (χ0n) is 20.3. The Kier molecular flexibility index (Phi) is 6.13. The minimum atomic E-state index is -1.05. The zero-order chi connectivity index (χ0) is 26.2. The number of hydrogen-bond acceptors (Lipinski definition) is 7. The summed E-state index contributed by atoms with van der Waals surface area (Å²) >= 11 is 0. The first-order valence-electron chi connectivity index (χ1n) is 12.4. The third kappa shape index (κ3) is 4.20. The maximum Gasteiger partial charge on any atom is 0.407 e. The molecule has 1 saturated heterocycles. The van der Waals surface area contributed by atoms with Crippen molar-refractivity contribution in [2.24, 2.45) is 0 Å². The lowest BCUT2D eigenvalue weighted by Crippen LogP contribution is -2.46. The molecule has 0 radical (unpaired) electrons. The predicted octanol–water partition coefficient (Wildman–Crippen LogP) is 3.83. The van der Waals surface area contributed by atoms with Crippen molar-refractivity contribution in [2.75, 3.05) is 13.2 Å². The number of imide groups is 1. The summed E-state index contributed by atoms with van der Waals surface area (Å²) in [5.74, 6) is -2.35. The van der Waals surface area contributed by atoms with Crippen LogP contribution < -0.4 is 5.32 Å². The van der Waals surface area contributed by atoms with E-state index in [0.29, 0.717) is 11.5 Å². The Morgan fingerprint density at radius 2 is 1.39 bits per heavy atom. The normalized spacial score (nSPS) is 19.9. The van der Waals surface area contributed by atoms with Crippen molar-refractivity contribution in [3.63, 3.8) is 0 Å². The minimum absolute atomic E-state index is 0.0646. The van der Waals surface area contributed by atoms with E-state index in [1.807, 2.05) is 36.4 Å². The van der Waals surface area contributed by atoms with Gasteiger partial charge >= 0.3 is 12.1 Å². The van der Waals surface area contributed by atoms with E-state index in [9.17, 15) is 19.2 Å². The average Bonchev–Trinajstić information content (AvgIpc) is 3.39. The molecule has 6 rings (SSSR count).